The van der Waals surface area contributed by atoms with Crippen LogP contribution in [0.2, 0.25) is 0 Å². The molecule has 1 rings (SSSR count). The molecule has 0 atom stereocenters. The molecule has 1 N–H and O–H groups in total. The fourth-order valence-corrected chi connectivity index (χ4v) is 1.85. The van der Waals surface area contributed by atoms with Crippen molar-refractivity contribution >= 4 is 11.9 Å². The first-order valence-corrected chi connectivity index (χ1v) is 8.28. The van der Waals surface area contributed by atoms with Gasteiger partial charge in [0.15, 0.2) is 0 Å². The van der Waals surface area contributed by atoms with Crippen LogP contribution < -0.4 is 5.48 Å². The molecule has 0 bridgehead atoms. The van der Waals surface area contributed by atoms with Crippen molar-refractivity contribution in [3.8, 4) is 0 Å². The zero-order valence-corrected chi connectivity index (χ0v) is 15.5. The van der Waals surface area contributed by atoms with Gasteiger partial charge in [0.1, 0.15) is 5.60 Å². The highest BCUT2D eigenvalue weighted by Gasteiger charge is 2.24. The Hall–Kier alpha value is -1.36. The van der Waals surface area contributed by atoms with Crippen LogP contribution in [0.15, 0.2) is 12.7 Å². The standard InChI is InChI=1S/C11H21NO2.C7H12O2/c1-11(2,3)10(13)14-12-9-7-5-4-6-8-9;1-5-6(8)9-7(2,3)4/h9,12H,4-8H2,1-3H3;5H,1H2,2-4H3. The van der Waals surface area contributed by atoms with Crippen molar-refractivity contribution in [2.45, 2.75) is 85.3 Å². The van der Waals surface area contributed by atoms with E-state index in [1.165, 1.54) is 19.3 Å². The molecule has 0 aromatic rings. The van der Waals surface area contributed by atoms with Gasteiger partial charge >= 0.3 is 11.9 Å². The van der Waals surface area contributed by atoms with Gasteiger partial charge in [0, 0.05) is 12.1 Å². The van der Waals surface area contributed by atoms with E-state index in [1.807, 2.05) is 41.5 Å². The van der Waals surface area contributed by atoms with E-state index in [0.29, 0.717) is 6.04 Å². The summed E-state index contributed by atoms with van der Waals surface area (Å²) in [6.45, 7) is 14.3. The van der Waals surface area contributed by atoms with Crippen LogP contribution in [-0.2, 0) is 19.2 Å². The highest BCUT2D eigenvalue weighted by Crippen LogP contribution is 2.19. The minimum Gasteiger partial charge on any atom is -0.457 e. The fourth-order valence-electron chi connectivity index (χ4n) is 1.85. The molecule has 23 heavy (non-hydrogen) atoms. The molecule has 0 saturated heterocycles. The second-order valence-electron chi connectivity index (χ2n) is 7.83. The van der Waals surface area contributed by atoms with Crippen LogP contribution in [0, 0.1) is 5.41 Å². The Balaban J connectivity index is 0.000000468. The van der Waals surface area contributed by atoms with Crippen molar-refractivity contribution in [3.63, 3.8) is 0 Å². The van der Waals surface area contributed by atoms with Gasteiger partial charge in [-0.15, -0.1) is 0 Å². The topological polar surface area (TPSA) is 64.6 Å². The minimum atomic E-state index is -0.415. The molecule has 134 valence electrons. The normalized spacial score (nSPS) is 15.9. The molecule has 0 unspecified atom stereocenters. The number of carbonyl (C=O) groups excluding carboxylic acids is 2. The van der Waals surface area contributed by atoms with Gasteiger partial charge in [0.2, 0.25) is 0 Å². The average molecular weight is 327 g/mol. The third-order valence-electron chi connectivity index (χ3n) is 3.11. The van der Waals surface area contributed by atoms with Crippen molar-refractivity contribution < 1.29 is 19.2 Å². The van der Waals surface area contributed by atoms with Gasteiger partial charge < -0.3 is 9.57 Å². The molecular weight excluding hydrogens is 294 g/mol. The van der Waals surface area contributed by atoms with Crippen LogP contribution in [0.5, 0.6) is 0 Å². The first kappa shape index (κ1) is 21.6. The predicted octanol–water partition coefficient (Wildman–Crippen LogP) is 3.93. The summed E-state index contributed by atoms with van der Waals surface area (Å²) in [5.41, 5.74) is 2.07. The Labute approximate surface area is 140 Å². The summed E-state index contributed by atoms with van der Waals surface area (Å²) in [6, 6.07) is 0.370. The molecule has 0 aromatic heterocycles. The maximum Gasteiger partial charge on any atom is 0.330 e. The summed E-state index contributed by atoms with van der Waals surface area (Å²) in [4.78, 5) is 27.0. The molecule has 5 heteroatoms. The number of esters is 1. The highest BCUT2D eigenvalue weighted by atomic mass is 16.7. The van der Waals surface area contributed by atoms with E-state index in [-0.39, 0.29) is 11.9 Å². The molecule has 1 aliphatic rings. The lowest BCUT2D eigenvalue weighted by Gasteiger charge is -2.24. The Bertz CT molecular complexity index is 385. The Morgan fingerprint density at radius 3 is 1.91 bits per heavy atom. The Morgan fingerprint density at radius 2 is 1.57 bits per heavy atom. The summed E-state index contributed by atoms with van der Waals surface area (Å²) in [6.07, 6.45) is 7.20. The Kier molecular flexibility index (Phi) is 9.13. The third kappa shape index (κ3) is 11.8. The van der Waals surface area contributed by atoms with E-state index in [2.05, 4.69) is 12.1 Å². The van der Waals surface area contributed by atoms with Gasteiger partial charge in [-0.05, 0) is 54.4 Å². The van der Waals surface area contributed by atoms with Gasteiger partial charge in [0.25, 0.3) is 0 Å². The van der Waals surface area contributed by atoms with Crippen molar-refractivity contribution in [3.05, 3.63) is 12.7 Å². The van der Waals surface area contributed by atoms with Gasteiger partial charge in [-0.2, -0.15) is 5.48 Å². The van der Waals surface area contributed by atoms with E-state index in [0.717, 1.165) is 18.9 Å². The summed E-state index contributed by atoms with van der Waals surface area (Å²) in [5.74, 6) is -0.550. The lowest BCUT2D eigenvalue weighted by atomic mass is 9.96. The SMILES string of the molecule is C=CC(=O)OC(C)(C)C.CC(C)(C)C(=O)ONC1CCCCC1. The van der Waals surface area contributed by atoms with Gasteiger partial charge in [-0.25, -0.2) is 9.59 Å². The molecule has 0 aliphatic heterocycles. The summed E-state index contributed by atoms with van der Waals surface area (Å²) in [5, 5.41) is 0. The van der Waals surface area contributed by atoms with Crippen LogP contribution in [0.1, 0.15) is 73.6 Å². The van der Waals surface area contributed by atoms with Gasteiger partial charge in [-0.3, -0.25) is 0 Å². The lowest BCUT2D eigenvalue weighted by Crippen LogP contribution is -2.36. The van der Waals surface area contributed by atoms with Gasteiger partial charge in [0.05, 0.1) is 5.41 Å². The van der Waals surface area contributed by atoms with Crippen LogP contribution in [0.3, 0.4) is 0 Å². The maximum atomic E-state index is 11.4. The summed E-state index contributed by atoms with van der Waals surface area (Å²) >= 11 is 0. The quantitative estimate of drug-likeness (QED) is 0.483. The molecule has 1 aliphatic carbocycles. The summed E-state index contributed by atoms with van der Waals surface area (Å²) < 4.78 is 4.83. The molecule has 0 heterocycles. The first-order chi connectivity index (χ1) is 10.5. The smallest absolute Gasteiger partial charge is 0.330 e. The van der Waals surface area contributed by atoms with E-state index < -0.39 is 11.0 Å². The predicted molar refractivity (Wildman–Crippen MR) is 91.6 cm³/mol. The molecule has 1 fully saturated rings. The number of rotatable bonds is 3. The van der Waals surface area contributed by atoms with Crippen LogP contribution >= 0.6 is 0 Å². The molecule has 0 aromatic carbocycles. The number of hydrogen-bond acceptors (Lipinski definition) is 5. The minimum absolute atomic E-state index is 0.178. The zero-order chi connectivity index (χ0) is 18.1. The molecule has 0 spiro atoms. The van der Waals surface area contributed by atoms with Crippen molar-refractivity contribution in [1.82, 2.24) is 5.48 Å². The second-order valence-corrected chi connectivity index (χ2v) is 7.83. The monoisotopic (exact) mass is 327 g/mol. The number of carbonyl (C=O) groups is 2. The molecule has 1 saturated carbocycles. The third-order valence-corrected chi connectivity index (χ3v) is 3.11. The van der Waals surface area contributed by atoms with E-state index >= 15 is 0 Å². The summed E-state index contributed by atoms with van der Waals surface area (Å²) in [7, 11) is 0. The number of nitrogens with one attached hydrogen (secondary N) is 1. The largest absolute Gasteiger partial charge is 0.457 e. The second kappa shape index (κ2) is 9.71. The average Bonchev–Trinajstić information content (AvgIpc) is 2.43. The molecule has 0 radical (unpaired) electrons. The van der Waals surface area contributed by atoms with Crippen molar-refractivity contribution in [2.75, 3.05) is 0 Å². The molecule has 0 amide bonds. The Morgan fingerprint density at radius 1 is 1.04 bits per heavy atom. The molecular formula is C18H33NO4. The zero-order valence-electron chi connectivity index (χ0n) is 15.5. The fraction of sp³-hybridized carbons (Fsp3) is 0.778. The van der Waals surface area contributed by atoms with Crippen LogP contribution in [0.4, 0.5) is 0 Å². The van der Waals surface area contributed by atoms with Crippen LogP contribution in [-0.4, -0.2) is 23.6 Å². The van der Waals surface area contributed by atoms with Crippen molar-refractivity contribution in [2.24, 2.45) is 5.41 Å². The number of hydrogen-bond donors (Lipinski definition) is 1. The van der Waals surface area contributed by atoms with E-state index in [1.54, 1.807) is 0 Å². The number of ether oxygens (including phenoxy) is 1. The van der Waals surface area contributed by atoms with Crippen LogP contribution in [0.25, 0.3) is 0 Å². The highest BCUT2D eigenvalue weighted by molar-refractivity contribution is 5.81. The lowest BCUT2D eigenvalue weighted by molar-refractivity contribution is -0.163. The van der Waals surface area contributed by atoms with Gasteiger partial charge in [-0.1, -0.05) is 25.8 Å². The van der Waals surface area contributed by atoms with E-state index in [9.17, 15) is 9.59 Å². The molecule has 5 nitrogen and oxygen atoms in total. The first-order valence-electron chi connectivity index (χ1n) is 8.28. The number of hydroxylamine groups is 1. The van der Waals surface area contributed by atoms with E-state index in [4.69, 9.17) is 9.57 Å². The van der Waals surface area contributed by atoms with Crippen molar-refractivity contribution in [1.29, 1.82) is 0 Å². The maximum absolute atomic E-state index is 11.4.